The number of thiol groups is 1. The summed E-state index contributed by atoms with van der Waals surface area (Å²) in [5.74, 6) is 0. The molecule has 2 heterocycles. The first-order chi connectivity index (χ1) is 20.1. The molecule has 8 rings (SSSR count). The van der Waals surface area contributed by atoms with Crippen molar-refractivity contribution < 1.29 is 0 Å². The summed E-state index contributed by atoms with van der Waals surface area (Å²) in [6.45, 7) is 2.24. The van der Waals surface area contributed by atoms with Crippen LogP contribution in [-0.4, -0.2) is 4.57 Å². The molecule has 0 aliphatic carbocycles. The molecular weight excluding hydrogens is 535 g/mol. The highest BCUT2D eigenvalue weighted by molar-refractivity contribution is 7.80. The number of fused-ring (bicyclic) bond motifs is 6. The third-order valence-corrected chi connectivity index (χ3v) is 10.2. The molecule has 0 aliphatic heterocycles. The molecule has 0 bridgehead atoms. The molecule has 8 aromatic rings. The van der Waals surface area contributed by atoms with Crippen molar-refractivity contribution in [2.24, 2.45) is 7.05 Å². The number of aromatic nitrogens is 1. The molecule has 3 heteroatoms. The highest BCUT2D eigenvalue weighted by Crippen LogP contribution is 2.46. The van der Waals surface area contributed by atoms with Crippen LogP contribution in [0.2, 0.25) is 0 Å². The van der Waals surface area contributed by atoms with Crippen molar-refractivity contribution >= 4 is 65.9 Å². The second-order valence-corrected chi connectivity index (χ2v) is 12.3. The van der Waals surface area contributed by atoms with E-state index in [1.807, 2.05) is 17.4 Å². The molecule has 196 valence electrons. The van der Waals surface area contributed by atoms with Gasteiger partial charge in [0.05, 0.1) is 0 Å². The smallest absolute Gasteiger partial charge is 0.0489 e. The van der Waals surface area contributed by atoms with Gasteiger partial charge < -0.3 is 4.57 Å². The van der Waals surface area contributed by atoms with Gasteiger partial charge in [-0.15, -0.1) is 24.0 Å². The zero-order valence-electron chi connectivity index (χ0n) is 22.8. The third kappa shape index (κ3) is 3.70. The maximum Gasteiger partial charge on any atom is 0.0489 e. The summed E-state index contributed by atoms with van der Waals surface area (Å²) in [5.41, 5.74) is 11.3. The molecule has 2 aromatic heterocycles. The van der Waals surface area contributed by atoms with Crippen LogP contribution in [0.3, 0.4) is 0 Å². The molecule has 0 atom stereocenters. The Bertz CT molecular complexity index is 2300. The lowest BCUT2D eigenvalue weighted by atomic mass is 9.92. The summed E-state index contributed by atoms with van der Waals surface area (Å²) >= 11 is 6.67. The molecule has 41 heavy (non-hydrogen) atoms. The summed E-state index contributed by atoms with van der Waals surface area (Å²) in [6, 6.07) is 44.1. The third-order valence-electron chi connectivity index (χ3n) is 8.57. The normalized spacial score (nSPS) is 11.8. The van der Waals surface area contributed by atoms with Gasteiger partial charge in [0.25, 0.3) is 0 Å². The number of hydrogen-bond donors (Lipinski definition) is 1. The van der Waals surface area contributed by atoms with Gasteiger partial charge >= 0.3 is 0 Å². The van der Waals surface area contributed by atoms with E-state index in [1.165, 1.54) is 80.9 Å². The van der Waals surface area contributed by atoms with Gasteiger partial charge in [0.1, 0.15) is 0 Å². The number of aryl methyl sites for hydroxylation is 1. The zero-order valence-corrected chi connectivity index (χ0v) is 24.6. The van der Waals surface area contributed by atoms with E-state index in [2.05, 4.69) is 134 Å². The van der Waals surface area contributed by atoms with Crippen molar-refractivity contribution in [2.45, 2.75) is 11.8 Å². The molecule has 0 fully saturated rings. The number of hydrogen-bond acceptors (Lipinski definition) is 2. The molecule has 0 radical (unpaired) electrons. The Balaban J connectivity index is 1.35. The zero-order chi connectivity index (χ0) is 27.7. The first-order valence-corrected chi connectivity index (χ1v) is 15.2. The molecule has 0 N–H and O–H groups in total. The molecule has 0 aliphatic rings. The number of rotatable bonds is 3. The fourth-order valence-corrected chi connectivity index (χ4v) is 8.16. The Morgan fingerprint density at radius 1 is 0.512 bits per heavy atom. The lowest BCUT2D eigenvalue weighted by molar-refractivity contribution is 1.01. The van der Waals surface area contributed by atoms with Gasteiger partial charge in [-0.1, -0.05) is 97.1 Å². The first kappa shape index (κ1) is 24.5. The topological polar surface area (TPSA) is 4.93 Å². The van der Waals surface area contributed by atoms with Crippen LogP contribution >= 0.6 is 24.0 Å². The van der Waals surface area contributed by atoms with Gasteiger partial charge in [-0.25, -0.2) is 0 Å². The molecule has 0 amide bonds. The highest BCUT2D eigenvalue weighted by atomic mass is 32.1. The monoisotopic (exact) mass is 561 g/mol. The Labute approximate surface area is 248 Å². The van der Waals surface area contributed by atoms with Crippen LogP contribution in [0.4, 0.5) is 0 Å². The van der Waals surface area contributed by atoms with Gasteiger partial charge in [0, 0.05) is 53.9 Å². The van der Waals surface area contributed by atoms with Crippen molar-refractivity contribution in [1.29, 1.82) is 0 Å². The maximum absolute atomic E-state index is 4.76. The summed E-state index contributed by atoms with van der Waals surface area (Å²) in [7, 11) is 2.16. The van der Waals surface area contributed by atoms with Crippen LogP contribution in [0.25, 0.3) is 75.4 Å². The molecule has 0 saturated carbocycles. The number of nitrogens with zero attached hydrogens (tertiary/aromatic N) is 1. The average Bonchev–Trinajstić information content (AvgIpc) is 3.53. The molecule has 0 spiro atoms. The molecular formula is C38H27NS2. The summed E-state index contributed by atoms with van der Waals surface area (Å²) in [4.78, 5) is 1.00. The van der Waals surface area contributed by atoms with Crippen molar-refractivity contribution in [3.05, 3.63) is 127 Å². The van der Waals surface area contributed by atoms with E-state index >= 15 is 0 Å². The van der Waals surface area contributed by atoms with E-state index in [0.29, 0.717) is 0 Å². The summed E-state index contributed by atoms with van der Waals surface area (Å²) in [6.07, 6.45) is 0. The highest BCUT2D eigenvalue weighted by Gasteiger charge is 2.17. The van der Waals surface area contributed by atoms with Crippen LogP contribution in [-0.2, 0) is 7.05 Å². The van der Waals surface area contributed by atoms with Crippen molar-refractivity contribution in [1.82, 2.24) is 4.57 Å². The Hall–Kier alpha value is -4.31. The van der Waals surface area contributed by atoms with Crippen LogP contribution in [0, 0.1) is 6.92 Å². The number of thiophene rings is 1. The first-order valence-electron chi connectivity index (χ1n) is 13.9. The Kier molecular flexibility index (Phi) is 5.60. The second-order valence-electron chi connectivity index (χ2n) is 10.8. The maximum atomic E-state index is 4.76. The van der Waals surface area contributed by atoms with Crippen molar-refractivity contribution in [2.75, 3.05) is 0 Å². The van der Waals surface area contributed by atoms with Gasteiger partial charge in [0.2, 0.25) is 0 Å². The van der Waals surface area contributed by atoms with Gasteiger partial charge in [-0.3, -0.25) is 0 Å². The van der Waals surface area contributed by atoms with Gasteiger partial charge in [-0.2, -0.15) is 0 Å². The van der Waals surface area contributed by atoms with Crippen molar-refractivity contribution in [3.8, 4) is 33.4 Å². The lowest BCUT2D eigenvalue weighted by Crippen LogP contribution is -1.89. The predicted molar refractivity (Wildman–Crippen MR) is 182 cm³/mol. The molecule has 6 aromatic carbocycles. The van der Waals surface area contributed by atoms with Crippen LogP contribution in [0.15, 0.2) is 126 Å². The van der Waals surface area contributed by atoms with Gasteiger partial charge in [-0.05, 0) is 70.1 Å². The van der Waals surface area contributed by atoms with E-state index in [-0.39, 0.29) is 0 Å². The quantitative estimate of drug-likeness (QED) is 0.205. The standard InChI is InChI=1S/C38H27NS2/c1-23-25(29-11-4-6-19-36(29)40)12-7-13-26(23)30-15-9-17-32-31-16-8-14-27(37(31)41-38(30)32)24-20-21-35-33(22-24)28-10-3-5-18-34(28)39(35)2/h3-22,40H,1-2H3. The minimum atomic E-state index is 1.00. The van der Waals surface area contributed by atoms with E-state index in [1.54, 1.807) is 0 Å². The van der Waals surface area contributed by atoms with Crippen LogP contribution < -0.4 is 0 Å². The van der Waals surface area contributed by atoms with Crippen LogP contribution in [0.1, 0.15) is 5.56 Å². The largest absolute Gasteiger partial charge is 0.344 e. The number of para-hydroxylation sites is 1. The van der Waals surface area contributed by atoms with Crippen LogP contribution in [0.5, 0.6) is 0 Å². The minimum absolute atomic E-state index is 1.00. The lowest BCUT2D eigenvalue weighted by Gasteiger charge is -2.14. The molecule has 0 unspecified atom stereocenters. The van der Waals surface area contributed by atoms with E-state index < -0.39 is 0 Å². The van der Waals surface area contributed by atoms with Gasteiger partial charge in [0.15, 0.2) is 0 Å². The Morgan fingerprint density at radius 3 is 1.88 bits per heavy atom. The van der Waals surface area contributed by atoms with E-state index in [9.17, 15) is 0 Å². The second kappa shape index (κ2) is 9.37. The molecule has 1 nitrogen and oxygen atoms in total. The predicted octanol–water partition coefficient (Wildman–Crippen LogP) is 11.3. The summed E-state index contributed by atoms with van der Waals surface area (Å²) < 4.78 is 4.97. The fraction of sp³-hybridized carbons (Fsp3) is 0.0526. The summed E-state index contributed by atoms with van der Waals surface area (Å²) in [5, 5.41) is 5.24. The van der Waals surface area contributed by atoms with Crippen molar-refractivity contribution in [3.63, 3.8) is 0 Å². The average molecular weight is 562 g/mol. The minimum Gasteiger partial charge on any atom is -0.344 e. The fourth-order valence-electron chi connectivity index (χ4n) is 6.52. The SMILES string of the molecule is Cc1c(-c2ccccc2S)cccc1-c1cccc2c1sc1c(-c3ccc4c(c3)c3ccccc3n4C)cccc12. The number of benzene rings is 6. The Morgan fingerprint density at radius 2 is 1.07 bits per heavy atom. The van der Waals surface area contributed by atoms with E-state index in [4.69, 9.17) is 12.6 Å². The van der Waals surface area contributed by atoms with E-state index in [0.717, 1.165) is 4.90 Å². The molecule has 0 saturated heterocycles.